The summed E-state index contributed by atoms with van der Waals surface area (Å²) in [6, 6.07) is 20.2. The topological polar surface area (TPSA) is 49.4 Å². The summed E-state index contributed by atoms with van der Waals surface area (Å²) in [6.07, 6.45) is 4.16. The van der Waals surface area contributed by atoms with Crippen LogP contribution in [-0.4, -0.2) is 28.8 Å². The fourth-order valence-electron chi connectivity index (χ4n) is 4.66. The summed E-state index contributed by atoms with van der Waals surface area (Å²) < 4.78 is 14.4. The molecule has 1 atom stereocenters. The molecule has 36 heavy (non-hydrogen) atoms. The van der Waals surface area contributed by atoms with Gasteiger partial charge in [-0.05, 0) is 47.7 Å². The summed E-state index contributed by atoms with van der Waals surface area (Å²) >= 11 is 12.5. The van der Waals surface area contributed by atoms with E-state index in [4.69, 9.17) is 23.2 Å². The highest BCUT2D eigenvalue weighted by molar-refractivity contribution is 6.35. The molecule has 4 rings (SSSR count). The molecule has 4 nitrogen and oxygen atoms in total. The van der Waals surface area contributed by atoms with Crippen molar-refractivity contribution < 1.29 is 14.0 Å². The maximum Gasteiger partial charge on any atom is 0.243 e. The summed E-state index contributed by atoms with van der Waals surface area (Å²) in [6.45, 7) is 0.0961. The number of carbonyl (C=O) groups is 2. The van der Waals surface area contributed by atoms with E-state index in [9.17, 15) is 14.0 Å². The van der Waals surface area contributed by atoms with Gasteiger partial charge in [-0.1, -0.05) is 90.6 Å². The molecule has 0 saturated heterocycles. The molecule has 0 heterocycles. The highest BCUT2D eigenvalue weighted by Crippen LogP contribution is 2.25. The van der Waals surface area contributed by atoms with Gasteiger partial charge < -0.3 is 10.2 Å². The van der Waals surface area contributed by atoms with Crippen LogP contribution in [0.2, 0.25) is 10.0 Å². The first-order chi connectivity index (χ1) is 17.4. The summed E-state index contributed by atoms with van der Waals surface area (Å²) in [5.41, 5.74) is 1.87. The van der Waals surface area contributed by atoms with Gasteiger partial charge in [-0.3, -0.25) is 9.59 Å². The van der Waals surface area contributed by atoms with Crippen LogP contribution in [0.25, 0.3) is 0 Å². The summed E-state index contributed by atoms with van der Waals surface area (Å²) in [7, 11) is 0. The van der Waals surface area contributed by atoms with Crippen molar-refractivity contribution in [2.24, 2.45) is 0 Å². The van der Waals surface area contributed by atoms with Crippen LogP contribution >= 0.6 is 23.2 Å². The third-order valence-corrected chi connectivity index (χ3v) is 7.21. The van der Waals surface area contributed by atoms with E-state index < -0.39 is 11.9 Å². The smallest absolute Gasteiger partial charge is 0.243 e. The molecular weight excluding hydrogens is 498 g/mol. The van der Waals surface area contributed by atoms with Gasteiger partial charge in [0, 0.05) is 29.1 Å². The van der Waals surface area contributed by atoms with Crippen LogP contribution in [0.1, 0.15) is 42.4 Å². The van der Waals surface area contributed by atoms with Crippen molar-refractivity contribution >= 4 is 35.0 Å². The fourth-order valence-corrected chi connectivity index (χ4v) is 5.13. The zero-order valence-electron chi connectivity index (χ0n) is 19.9. The largest absolute Gasteiger partial charge is 0.352 e. The van der Waals surface area contributed by atoms with Crippen LogP contribution in [-0.2, 0) is 29.0 Å². The molecule has 3 aromatic rings. The molecular formula is C29H29Cl2FN2O2. The van der Waals surface area contributed by atoms with Crippen molar-refractivity contribution in [2.75, 3.05) is 0 Å². The Morgan fingerprint density at radius 1 is 0.944 bits per heavy atom. The number of rotatable bonds is 9. The lowest BCUT2D eigenvalue weighted by Gasteiger charge is -2.32. The second-order valence-electron chi connectivity index (χ2n) is 9.22. The highest BCUT2D eigenvalue weighted by Gasteiger charge is 2.32. The van der Waals surface area contributed by atoms with Gasteiger partial charge in [0.1, 0.15) is 11.9 Å². The molecule has 188 valence electrons. The molecule has 3 aromatic carbocycles. The van der Waals surface area contributed by atoms with Crippen LogP contribution < -0.4 is 5.32 Å². The monoisotopic (exact) mass is 526 g/mol. The maximum atomic E-state index is 14.4. The van der Waals surface area contributed by atoms with Gasteiger partial charge in [0.2, 0.25) is 11.8 Å². The molecule has 0 radical (unpaired) electrons. The van der Waals surface area contributed by atoms with E-state index in [-0.39, 0.29) is 36.4 Å². The Bertz CT molecular complexity index is 1200. The number of nitrogens with zero attached hydrogens (tertiary/aromatic N) is 1. The molecule has 0 spiro atoms. The van der Waals surface area contributed by atoms with Gasteiger partial charge in [-0.2, -0.15) is 0 Å². The number of halogens is 3. The van der Waals surface area contributed by atoms with E-state index >= 15 is 0 Å². The van der Waals surface area contributed by atoms with E-state index in [1.54, 1.807) is 36.4 Å². The third kappa shape index (κ3) is 6.86. The molecule has 1 fully saturated rings. The number of carbonyl (C=O) groups excluding carboxylic acids is 2. The minimum atomic E-state index is -0.793. The van der Waals surface area contributed by atoms with E-state index in [1.807, 2.05) is 30.3 Å². The average Bonchev–Trinajstić information content (AvgIpc) is 3.37. The van der Waals surface area contributed by atoms with Crippen molar-refractivity contribution in [1.29, 1.82) is 0 Å². The van der Waals surface area contributed by atoms with Gasteiger partial charge in [-0.25, -0.2) is 4.39 Å². The number of hydrogen-bond donors (Lipinski definition) is 1. The number of amides is 2. The van der Waals surface area contributed by atoms with E-state index in [0.29, 0.717) is 22.0 Å². The van der Waals surface area contributed by atoms with Gasteiger partial charge >= 0.3 is 0 Å². The van der Waals surface area contributed by atoms with Crippen molar-refractivity contribution in [1.82, 2.24) is 10.2 Å². The first kappa shape index (κ1) is 26.2. The minimum Gasteiger partial charge on any atom is -0.352 e. The Hall–Kier alpha value is -2.89. The van der Waals surface area contributed by atoms with Crippen molar-refractivity contribution in [3.05, 3.63) is 105 Å². The van der Waals surface area contributed by atoms with Crippen LogP contribution in [0.5, 0.6) is 0 Å². The molecule has 0 bridgehead atoms. The van der Waals surface area contributed by atoms with Crippen LogP contribution in [0.4, 0.5) is 4.39 Å². The SMILES string of the molecule is O=C(NC1CCCC1)C(Cc1ccccc1)N(Cc1ccc(Cl)cc1Cl)C(=O)Cc1ccccc1F. The zero-order chi connectivity index (χ0) is 25.5. The summed E-state index contributed by atoms with van der Waals surface area (Å²) in [5.74, 6) is -1.02. The molecule has 0 aliphatic heterocycles. The first-order valence-electron chi connectivity index (χ1n) is 12.2. The lowest BCUT2D eigenvalue weighted by atomic mass is 10.0. The van der Waals surface area contributed by atoms with Crippen LogP contribution in [0.15, 0.2) is 72.8 Å². The molecule has 1 aliphatic rings. The van der Waals surface area contributed by atoms with Gasteiger partial charge in [0.15, 0.2) is 0 Å². The second kappa shape index (κ2) is 12.4. The van der Waals surface area contributed by atoms with Gasteiger partial charge in [-0.15, -0.1) is 0 Å². The van der Waals surface area contributed by atoms with Gasteiger partial charge in [0.25, 0.3) is 0 Å². The quantitative estimate of drug-likeness (QED) is 0.352. The fraction of sp³-hybridized carbons (Fsp3) is 0.310. The standard InChI is InChI=1S/C29H29Cl2FN2O2/c30-23-15-14-22(25(31)18-23)19-34(28(35)17-21-10-4-7-13-26(21)32)27(16-20-8-2-1-3-9-20)29(36)33-24-11-5-6-12-24/h1-4,7-10,13-15,18,24,27H,5-6,11-12,16-17,19H2,(H,33,36). The molecule has 1 N–H and O–H groups in total. The predicted molar refractivity (Wildman–Crippen MR) is 141 cm³/mol. The lowest BCUT2D eigenvalue weighted by molar-refractivity contribution is -0.141. The van der Waals surface area contributed by atoms with Crippen molar-refractivity contribution in [3.63, 3.8) is 0 Å². The number of hydrogen-bond acceptors (Lipinski definition) is 2. The van der Waals surface area contributed by atoms with Crippen LogP contribution in [0, 0.1) is 5.82 Å². The Morgan fingerprint density at radius 3 is 2.33 bits per heavy atom. The highest BCUT2D eigenvalue weighted by atomic mass is 35.5. The van der Waals surface area contributed by atoms with E-state index in [2.05, 4.69) is 5.32 Å². The third-order valence-electron chi connectivity index (χ3n) is 6.63. The molecule has 2 amide bonds. The molecule has 7 heteroatoms. The Balaban J connectivity index is 1.69. The summed E-state index contributed by atoms with van der Waals surface area (Å²) in [5, 5.41) is 4.04. The molecule has 1 aliphatic carbocycles. The average molecular weight is 527 g/mol. The first-order valence-corrected chi connectivity index (χ1v) is 13.0. The van der Waals surface area contributed by atoms with Crippen LogP contribution in [0.3, 0.4) is 0 Å². The van der Waals surface area contributed by atoms with Crippen molar-refractivity contribution in [3.8, 4) is 0 Å². The zero-order valence-corrected chi connectivity index (χ0v) is 21.4. The van der Waals surface area contributed by atoms with E-state index in [0.717, 1.165) is 31.2 Å². The number of benzene rings is 3. The second-order valence-corrected chi connectivity index (χ2v) is 10.1. The minimum absolute atomic E-state index is 0.0958. The Labute approximate surface area is 221 Å². The Morgan fingerprint density at radius 2 is 1.64 bits per heavy atom. The molecule has 0 aromatic heterocycles. The Kier molecular flexibility index (Phi) is 9.00. The lowest BCUT2D eigenvalue weighted by Crippen LogP contribution is -2.52. The predicted octanol–water partition coefficient (Wildman–Crippen LogP) is 6.37. The maximum absolute atomic E-state index is 14.4. The normalized spacial score (nSPS) is 14.4. The van der Waals surface area contributed by atoms with Gasteiger partial charge in [0.05, 0.1) is 6.42 Å². The van der Waals surface area contributed by atoms with Crippen molar-refractivity contribution in [2.45, 2.75) is 57.2 Å². The molecule has 1 saturated carbocycles. The summed E-state index contributed by atoms with van der Waals surface area (Å²) in [4.78, 5) is 28.9. The molecule has 1 unspecified atom stereocenters. The number of nitrogens with one attached hydrogen (secondary N) is 1. The van der Waals surface area contributed by atoms with E-state index in [1.165, 1.54) is 11.0 Å².